The highest BCUT2D eigenvalue weighted by atomic mass is 35.5. The molecular formula is C13H20ClNO2. The number of halogens is 1. The molecule has 0 aliphatic carbocycles. The van der Waals surface area contributed by atoms with Crippen molar-refractivity contribution in [1.82, 2.24) is 4.42 Å². The predicted octanol–water partition coefficient (Wildman–Crippen LogP) is 3.33. The van der Waals surface area contributed by atoms with Gasteiger partial charge >= 0.3 is 0 Å². The van der Waals surface area contributed by atoms with E-state index in [1.165, 1.54) is 0 Å². The number of aromatic hydroxyl groups is 1. The Balaban J connectivity index is 2.79. The maximum absolute atomic E-state index is 9.45. The number of hydrogen-bond donors (Lipinski definition) is 1. The van der Waals surface area contributed by atoms with E-state index in [0.29, 0.717) is 6.54 Å². The highest BCUT2D eigenvalue weighted by molar-refractivity contribution is 6.13. The Morgan fingerprint density at radius 3 is 2.53 bits per heavy atom. The zero-order valence-corrected chi connectivity index (χ0v) is 11.5. The second kappa shape index (κ2) is 5.71. The topological polar surface area (TPSA) is 32.7 Å². The van der Waals surface area contributed by atoms with Gasteiger partial charge in [0.2, 0.25) is 0 Å². The molecule has 0 amide bonds. The van der Waals surface area contributed by atoms with E-state index in [1.807, 2.05) is 26.8 Å². The largest absolute Gasteiger partial charge is 0.508 e. The van der Waals surface area contributed by atoms with Crippen LogP contribution in [0.3, 0.4) is 0 Å². The summed E-state index contributed by atoms with van der Waals surface area (Å²) in [6.45, 7) is 6.67. The van der Waals surface area contributed by atoms with Crippen LogP contribution in [0.4, 0.5) is 0 Å². The molecule has 1 atom stereocenters. The van der Waals surface area contributed by atoms with Crippen molar-refractivity contribution < 1.29 is 9.84 Å². The minimum absolute atomic E-state index is 0.130. The van der Waals surface area contributed by atoms with Crippen molar-refractivity contribution in [2.45, 2.75) is 32.4 Å². The summed E-state index contributed by atoms with van der Waals surface area (Å²) in [5.74, 6) is 0.237. The number of rotatable bonds is 4. The van der Waals surface area contributed by atoms with Gasteiger partial charge in [-0.3, -0.25) is 0 Å². The summed E-state index contributed by atoms with van der Waals surface area (Å²) in [5, 5.41) is 9.45. The lowest BCUT2D eigenvalue weighted by atomic mass is 10.1. The molecule has 1 aromatic rings. The Hall–Kier alpha value is -0.770. The molecule has 0 fully saturated rings. The molecule has 96 valence electrons. The van der Waals surface area contributed by atoms with Gasteiger partial charge in [0, 0.05) is 19.2 Å². The van der Waals surface area contributed by atoms with E-state index in [1.54, 1.807) is 29.7 Å². The van der Waals surface area contributed by atoms with Gasteiger partial charge in [-0.25, -0.2) is 4.42 Å². The molecule has 1 rings (SSSR count). The first kappa shape index (κ1) is 14.3. The van der Waals surface area contributed by atoms with Gasteiger partial charge in [-0.05, 0) is 50.2 Å². The van der Waals surface area contributed by atoms with E-state index >= 15 is 0 Å². The van der Waals surface area contributed by atoms with Crippen LogP contribution in [0.1, 0.15) is 32.4 Å². The summed E-state index contributed by atoms with van der Waals surface area (Å²) in [4.78, 5) is 0. The van der Waals surface area contributed by atoms with E-state index in [4.69, 9.17) is 16.5 Å². The summed E-state index contributed by atoms with van der Waals surface area (Å²) < 4.78 is 7.13. The van der Waals surface area contributed by atoms with Gasteiger partial charge in [-0.2, -0.15) is 0 Å². The molecule has 0 aromatic heterocycles. The Morgan fingerprint density at radius 1 is 1.41 bits per heavy atom. The monoisotopic (exact) mass is 257 g/mol. The molecule has 0 aliphatic heterocycles. The predicted molar refractivity (Wildman–Crippen MR) is 70.2 cm³/mol. The first-order valence-electron chi connectivity index (χ1n) is 5.59. The van der Waals surface area contributed by atoms with Crippen LogP contribution in [0.15, 0.2) is 24.3 Å². The van der Waals surface area contributed by atoms with Gasteiger partial charge in [0.15, 0.2) is 0 Å². The number of ether oxygens (including phenoxy) is 1. The highest BCUT2D eigenvalue weighted by Gasteiger charge is 2.23. The van der Waals surface area contributed by atoms with E-state index < -0.39 is 0 Å². The number of phenolic OH excluding ortho intramolecular Hbond substituents is 1. The number of nitrogens with zero attached hydrogens (tertiary/aromatic N) is 1. The smallest absolute Gasteiger partial charge is 0.115 e. The Bertz CT molecular complexity index is 363. The van der Waals surface area contributed by atoms with Crippen LogP contribution in [0.5, 0.6) is 5.75 Å². The molecular weight excluding hydrogens is 238 g/mol. The summed E-state index contributed by atoms with van der Waals surface area (Å²) in [5.41, 5.74) is 0.789. The Morgan fingerprint density at radius 2 is 2.06 bits per heavy atom. The van der Waals surface area contributed by atoms with Gasteiger partial charge in [-0.15, -0.1) is 0 Å². The maximum atomic E-state index is 9.45. The van der Waals surface area contributed by atoms with Crippen LogP contribution < -0.4 is 0 Å². The van der Waals surface area contributed by atoms with E-state index in [0.717, 1.165) is 5.56 Å². The maximum Gasteiger partial charge on any atom is 0.115 e. The van der Waals surface area contributed by atoms with Gasteiger partial charge in [0.05, 0.1) is 6.10 Å². The fourth-order valence-electron chi connectivity index (χ4n) is 1.46. The SMILES string of the molecule is COC(CN(Cl)C(C)(C)C)c1cccc(O)c1. The van der Waals surface area contributed by atoms with Crippen LogP contribution in [0.25, 0.3) is 0 Å². The Labute approximate surface area is 108 Å². The molecule has 3 nitrogen and oxygen atoms in total. The number of benzene rings is 1. The summed E-state index contributed by atoms with van der Waals surface area (Å²) >= 11 is 6.21. The molecule has 17 heavy (non-hydrogen) atoms. The van der Waals surface area contributed by atoms with Crippen LogP contribution in [-0.4, -0.2) is 28.7 Å². The van der Waals surface area contributed by atoms with E-state index in [2.05, 4.69) is 0 Å². The van der Waals surface area contributed by atoms with Crippen molar-refractivity contribution in [3.05, 3.63) is 29.8 Å². The van der Waals surface area contributed by atoms with Gasteiger partial charge < -0.3 is 9.84 Å². The lowest BCUT2D eigenvalue weighted by molar-refractivity contribution is 0.0675. The van der Waals surface area contributed by atoms with Crippen LogP contribution in [0.2, 0.25) is 0 Å². The quantitative estimate of drug-likeness (QED) is 0.840. The van der Waals surface area contributed by atoms with E-state index in [-0.39, 0.29) is 17.4 Å². The van der Waals surface area contributed by atoms with Crippen molar-refractivity contribution in [3.63, 3.8) is 0 Å². The third-order valence-corrected chi connectivity index (χ3v) is 3.23. The molecule has 0 heterocycles. The molecule has 1 aromatic carbocycles. The summed E-state index contributed by atoms with van der Waals surface area (Å²) in [7, 11) is 1.64. The highest BCUT2D eigenvalue weighted by Crippen LogP contribution is 2.25. The lowest BCUT2D eigenvalue weighted by Gasteiger charge is -2.31. The van der Waals surface area contributed by atoms with Crippen molar-refractivity contribution in [3.8, 4) is 5.75 Å². The molecule has 4 heteroatoms. The molecule has 0 bridgehead atoms. The van der Waals surface area contributed by atoms with Crippen molar-refractivity contribution >= 4 is 11.8 Å². The number of phenols is 1. The zero-order valence-electron chi connectivity index (χ0n) is 10.8. The number of hydrogen-bond acceptors (Lipinski definition) is 3. The minimum Gasteiger partial charge on any atom is -0.508 e. The minimum atomic E-state index is -0.154. The fraction of sp³-hybridized carbons (Fsp3) is 0.538. The molecule has 0 saturated carbocycles. The third kappa shape index (κ3) is 4.19. The van der Waals surface area contributed by atoms with Gasteiger partial charge in [0.1, 0.15) is 5.75 Å². The molecule has 1 unspecified atom stereocenters. The first-order valence-corrected chi connectivity index (χ1v) is 5.93. The first-order chi connectivity index (χ1) is 7.84. The second-order valence-corrected chi connectivity index (χ2v) is 5.44. The zero-order chi connectivity index (χ0) is 13.1. The van der Waals surface area contributed by atoms with Crippen molar-refractivity contribution in [1.29, 1.82) is 0 Å². The van der Waals surface area contributed by atoms with E-state index in [9.17, 15) is 5.11 Å². The normalized spacial score (nSPS) is 14.0. The lowest BCUT2D eigenvalue weighted by Crippen LogP contribution is -2.37. The average Bonchev–Trinajstić information content (AvgIpc) is 2.24. The standard InChI is InChI=1S/C13H20ClNO2/c1-13(2,3)15(14)9-12(17-4)10-6-5-7-11(16)8-10/h5-8,12,16H,9H2,1-4H3. The Kier molecular flexibility index (Phi) is 4.80. The van der Waals surface area contributed by atoms with Gasteiger partial charge in [0.25, 0.3) is 0 Å². The molecule has 0 aliphatic rings. The molecule has 0 radical (unpaired) electrons. The number of methoxy groups -OCH3 is 1. The second-order valence-electron chi connectivity index (χ2n) is 5.03. The molecule has 1 N–H and O–H groups in total. The third-order valence-electron chi connectivity index (χ3n) is 2.58. The van der Waals surface area contributed by atoms with Gasteiger partial charge in [-0.1, -0.05) is 12.1 Å². The van der Waals surface area contributed by atoms with Crippen LogP contribution >= 0.6 is 11.8 Å². The average molecular weight is 258 g/mol. The van der Waals surface area contributed by atoms with Crippen LogP contribution in [-0.2, 0) is 4.74 Å². The molecule has 0 saturated heterocycles. The van der Waals surface area contributed by atoms with Crippen LogP contribution in [0, 0.1) is 0 Å². The summed E-state index contributed by atoms with van der Waals surface area (Å²) in [6, 6.07) is 7.05. The fourth-order valence-corrected chi connectivity index (χ4v) is 1.59. The van der Waals surface area contributed by atoms with Crippen molar-refractivity contribution in [2.75, 3.05) is 13.7 Å². The van der Waals surface area contributed by atoms with Crippen molar-refractivity contribution in [2.24, 2.45) is 0 Å². The molecule has 0 spiro atoms. The summed E-state index contributed by atoms with van der Waals surface area (Å²) in [6.07, 6.45) is -0.154.